The van der Waals surface area contributed by atoms with Crippen molar-refractivity contribution in [3.05, 3.63) is 40.2 Å². The lowest BCUT2D eigenvalue weighted by molar-refractivity contribution is 0.0963. The average molecular weight is 232 g/mol. The van der Waals surface area contributed by atoms with Crippen LogP contribution in [0.2, 0.25) is 0 Å². The van der Waals surface area contributed by atoms with Gasteiger partial charge in [-0.2, -0.15) is 0 Å². The molecule has 0 aliphatic carbocycles. The van der Waals surface area contributed by atoms with E-state index >= 15 is 0 Å². The Bertz CT molecular complexity index is 502. The minimum Gasteiger partial charge on any atom is -0.355 e. The first kappa shape index (κ1) is 10.8. The average Bonchev–Trinajstić information content (AvgIpc) is 2.75. The Labute approximate surface area is 98.2 Å². The van der Waals surface area contributed by atoms with Crippen LogP contribution in [0.1, 0.15) is 15.4 Å². The van der Waals surface area contributed by atoms with Crippen molar-refractivity contribution >= 4 is 17.2 Å². The first-order valence-corrected chi connectivity index (χ1v) is 5.83. The largest absolute Gasteiger partial charge is 0.355 e. The summed E-state index contributed by atoms with van der Waals surface area (Å²) >= 11 is 1.62. The summed E-state index contributed by atoms with van der Waals surface area (Å²) in [5.74, 6) is -0.0685. The van der Waals surface area contributed by atoms with Gasteiger partial charge in [0.05, 0.1) is 10.7 Å². The first-order valence-electron chi connectivity index (χ1n) is 4.95. The molecule has 0 saturated heterocycles. The van der Waals surface area contributed by atoms with Crippen molar-refractivity contribution in [1.82, 2.24) is 10.3 Å². The molecule has 0 atom stereocenters. The molecule has 2 rings (SSSR count). The van der Waals surface area contributed by atoms with E-state index in [-0.39, 0.29) is 5.91 Å². The number of carbonyl (C=O) groups excluding carboxylic acids is 1. The van der Waals surface area contributed by atoms with E-state index in [1.165, 1.54) is 0 Å². The summed E-state index contributed by atoms with van der Waals surface area (Å²) in [5.41, 5.74) is 2.67. The second kappa shape index (κ2) is 4.45. The van der Waals surface area contributed by atoms with E-state index in [2.05, 4.69) is 10.3 Å². The molecule has 82 valence electrons. The number of rotatable bonds is 2. The van der Waals surface area contributed by atoms with Crippen LogP contribution in [0.4, 0.5) is 0 Å². The number of aryl methyl sites for hydroxylation is 1. The van der Waals surface area contributed by atoms with Crippen molar-refractivity contribution in [1.29, 1.82) is 0 Å². The molecule has 0 radical (unpaired) electrons. The number of thiazole rings is 1. The molecule has 1 aromatic carbocycles. The van der Waals surface area contributed by atoms with Crippen LogP contribution < -0.4 is 5.32 Å². The molecular formula is C12H12N2OS. The van der Waals surface area contributed by atoms with Gasteiger partial charge in [-0.15, -0.1) is 11.3 Å². The minimum atomic E-state index is -0.0685. The zero-order valence-corrected chi connectivity index (χ0v) is 9.97. The van der Waals surface area contributed by atoms with Crippen LogP contribution in [-0.4, -0.2) is 17.9 Å². The summed E-state index contributed by atoms with van der Waals surface area (Å²) in [6.45, 7) is 1.98. The Morgan fingerprint density at radius 1 is 1.31 bits per heavy atom. The predicted octanol–water partition coefficient (Wildman–Crippen LogP) is 2.48. The van der Waals surface area contributed by atoms with E-state index in [9.17, 15) is 4.79 Å². The zero-order valence-electron chi connectivity index (χ0n) is 9.15. The summed E-state index contributed by atoms with van der Waals surface area (Å²) in [4.78, 5) is 15.7. The Kier molecular flexibility index (Phi) is 3.01. The highest BCUT2D eigenvalue weighted by molar-refractivity contribution is 7.09. The molecule has 0 fully saturated rings. The summed E-state index contributed by atoms with van der Waals surface area (Å²) in [5, 5.41) is 5.66. The molecule has 1 aromatic heterocycles. The van der Waals surface area contributed by atoms with E-state index in [0.29, 0.717) is 5.56 Å². The van der Waals surface area contributed by atoms with Gasteiger partial charge < -0.3 is 5.32 Å². The molecule has 0 aliphatic heterocycles. The Hall–Kier alpha value is -1.68. The van der Waals surface area contributed by atoms with Gasteiger partial charge in [0.1, 0.15) is 0 Å². The highest BCUT2D eigenvalue weighted by atomic mass is 32.1. The third-order valence-corrected chi connectivity index (χ3v) is 3.06. The molecule has 0 unspecified atom stereocenters. The van der Waals surface area contributed by atoms with Crippen molar-refractivity contribution in [3.63, 3.8) is 0 Å². The van der Waals surface area contributed by atoms with Gasteiger partial charge in [0.2, 0.25) is 0 Å². The molecule has 16 heavy (non-hydrogen) atoms. The fourth-order valence-corrected chi connectivity index (χ4v) is 2.05. The van der Waals surface area contributed by atoms with Crippen molar-refractivity contribution in [2.45, 2.75) is 6.92 Å². The Morgan fingerprint density at radius 2 is 2.00 bits per heavy atom. The summed E-state index contributed by atoms with van der Waals surface area (Å²) in [6, 6.07) is 7.45. The Morgan fingerprint density at radius 3 is 2.50 bits per heavy atom. The third-order valence-electron chi connectivity index (χ3n) is 2.29. The molecule has 1 amide bonds. The van der Waals surface area contributed by atoms with Gasteiger partial charge in [-0.1, -0.05) is 12.1 Å². The minimum absolute atomic E-state index is 0.0685. The van der Waals surface area contributed by atoms with E-state index < -0.39 is 0 Å². The van der Waals surface area contributed by atoms with Gasteiger partial charge in [-0.05, 0) is 19.1 Å². The van der Waals surface area contributed by atoms with Crippen LogP contribution in [0.3, 0.4) is 0 Å². The third kappa shape index (κ3) is 2.12. The molecule has 4 heteroatoms. The molecule has 0 spiro atoms. The molecule has 1 heterocycles. The van der Waals surface area contributed by atoms with Crippen molar-refractivity contribution in [2.75, 3.05) is 7.05 Å². The number of aromatic nitrogens is 1. The van der Waals surface area contributed by atoms with E-state index in [1.807, 2.05) is 36.6 Å². The molecule has 3 nitrogen and oxygen atoms in total. The SMILES string of the molecule is CNC(=O)c1ccc(-c2csc(C)n2)cc1. The highest BCUT2D eigenvalue weighted by Crippen LogP contribution is 2.21. The number of amides is 1. The quantitative estimate of drug-likeness (QED) is 0.864. The van der Waals surface area contributed by atoms with E-state index in [4.69, 9.17) is 0 Å². The zero-order chi connectivity index (χ0) is 11.5. The molecule has 0 aliphatic rings. The number of hydrogen-bond donors (Lipinski definition) is 1. The second-order valence-electron chi connectivity index (χ2n) is 3.41. The topological polar surface area (TPSA) is 42.0 Å². The van der Waals surface area contributed by atoms with Gasteiger partial charge in [0, 0.05) is 23.6 Å². The van der Waals surface area contributed by atoms with Crippen LogP contribution in [0.5, 0.6) is 0 Å². The van der Waals surface area contributed by atoms with Gasteiger partial charge in [0.15, 0.2) is 0 Å². The number of benzene rings is 1. The summed E-state index contributed by atoms with van der Waals surface area (Å²) in [7, 11) is 1.63. The lowest BCUT2D eigenvalue weighted by atomic mass is 10.1. The molecule has 0 saturated carbocycles. The van der Waals surface area contributed by atoms with Crippen LogP contribution >= 0.6 is 11.3 Å². The van der Waals surface area contributed by atoms with Crippen LogP contribution in [0.15, 0.2) is 29.6 Å². The van der Waals surface area contributed by atoms with Gasteiger partial charge >= 0.3 is 0 Å². The lowest BCUT2D eigenvalue weighted by Gasteiger charge is -2.00. The van der Waals surface area contributed by atoms with Crippen molar-refractivity contribution in [2.24, 2.45) is 0 Å². The first-order chi connectivity index (χ1) is 7.70. The van der Waals surface area contributed by atoms with Gasteiger partial charge in [-0.3, -0.25) is 4.79 Å². The maximum atomic E-state index is 11.3. The normalized spacial score (nSPS) is 10.1. The Balaban J connectivity index is 2.29. The van der Waals surface area contributed by atoms with Crippen LogP contribution in [-0.2, 0) is 0 Å². The van der Waals surface area contributed by atoms with Crippen LogP contribution in [0.25, 0.3) is 11.3 Å². The van der Waals surface area contributed by atoms with Crippen LogP contribution in [0, 0.1) is 6.92 Å². The fourth-order valence-electron chi connectivity index (χ4n) is 1.43. The standard InChI is InChI=1S/C12H12N2OS/c1-8-14-11(7-16-8)9-3-5-10(6-4-9)12(15)13-2/h3-7H,1-2H3,(H,13,15). The maximum absolute atomic E-state index is 11.3. The summed E-state index contributed by atoms with van der Waals surface area (Å²) in [6.07, 6.45) is 0. The van der Waals surface area contributed by atoms with Gasteiger partial charge in [-0.25, -0.2) is 4.98 Å². The predicted molar refractivity (Wildman–Crippen MR) is 65.7 cm³/mol. The molecule has 2 aromatic rings. The van der Waals surface area contributed by atoms with Crippen molar-refractivity contribution in [3.8, 4) is 11.3 Å². The molecular weight excluding hydrogens is 220 g/mol. The highest BCUT2D eigenvalue weighted by Gasteiger charge is 2.05. The van der Waals surface area contributed by atoms with Crippen molar-refractivity contribution < 1.29 is 4.79 Å². The molecule has 1 N–H and O–H groups in total. The molecule has 0 bridgehead atoms. The number of carbonyl (C=O) groups is 1. The maximum Gasteiger partial charge on any atom is 0.251 e. The lowest BCUT2D eigenvalue weighted by Crippen LogP contribution is -2.17. The number of nitrogens with one attached hydrogen (secondary N) is 1. The second-order valence-corrected chi connectivity index (χ2v) is 4.47. The number of nitrogens with zero attached hydrogens (tertiary/aromatic N) is 1. The number of hydrogen-bond acceptors (Lipinski definition) is 3. The smallest absolute Gasteiger partial charge is 0.251 e. The van der Waals surface area contributed by atoms with Gasteiger partial charge in [0.25, 0.3) is 5.91 Å². The van der Waals surface area contributed by atoms with E-state index in [1.54, 1.807) is 18.4 Å². The van der Waals surface area contributed by atoms with E-state index in [0.717, 1.165) is 16.3 Å². The summed E-state index contributed by atoms with van der Waals surface area (Å²) < 4.78 is 0. The monoisotopic (exact) mass is 232 g/mol. The fraction of sp³-hybridized carbons (Fsp3) is 0.167.